The molecule has 0 saturated carbocycles. The van der Waals surface area contributed by atoms with Crippen molar-refractivity contribution in [2.75, 3.05) is 13.7 Å². The first kappa shape index (κ1) is 14.6. The number of benzene rings is 2. The van der Waals surface area contributed by atoms with Gasteiger partial charge in [0.2, 0.25) is 0 Å². The van der Waals surface area contributed by atoms with Crippen LogP contribution in [0, 0.1) is 6.92 Å². The second-order valence-corrected chi connectivity index (χ2v) is 5.86. The van der Waals surface area contributed by atoms with Crippen LogP contribution in [0.25, 0.3) is 0 Å². The number of carbonyl (C=O) groups excluding carboxylic acids is 1. The van der Waals surface area contributed by atoms with Gasteiger partial charge in [-0.15, -0.1) is 0 Å². The summed E-state index contributed by atoms with van der Waals surface area (Å²) in [5.74, 6) is 0.751. The van der Waals surface area contributed by atoms with Crippen LogP contribution in [0.4, 0.5) is 0 Å². The Labute approximate surface area is 131 Å². The molecule has 22 heavy (non-hydrogen) atoms. The number of fused-ring (bicyclic) bond motifs is 1. The van der Waals surface area contributed by atoms with Crippen molar-refractivity contribution in [1.29, 1.82) is 0 Å². The quantitative estimate of drug-likeness (QED) is 0.863. The lowest BCUT2D eigenvalue weighted by atomic mass is 10.1. The van der Waals surface area contributed by atoms with Crippen molar-refractivity contribution in [1.82, 2.24) is 4.90 Å². The van der Waals surface area contributed by atoms with E-state index in [4.69, 9.17) is 4.74 Å². The van der Waals surface area contributed by atoms with Crippen LogP contribution in [0.2, 0.25) is 0 Å². The van der Waals surface area contributed by atoms with E-state index in [-0.39, 0.29) is 18.6 Å². The summed E-state index contributed by atoms with van der Waals surface area (Å²) in [6.45, 7) is 2.11. The van der Waals surface area contributed by atoms with E-state index in [1.54, 1.807) is 0 Å². The van der Waals surface area contributed by atoms with Crippen LogP contribution < -0.4 is 4.74 Å². The number of ether oxygens (including phenoxy) is 1. The molecule has 2 aromatic carbocycles. The molecule has 1 atom stereocenters. The minimum Gasteiger partial charge on any atom is -0.484 e. The maximum Gasteiger partial charge on any atom is 0.260 e. The highest BCUT2D eigenvalue weighted by Gasteiger charge is 2.28. The minimum atomic E-state index is 0.0160. The highest BCUT2D eigenvalue weighted by Crippen LogP contribution is 2.34. The van der Waals surface area contributed by atoms with E-state index < -0.39 is 0 Å². The number of rotatable bonds is 4. The maximum absolute atomic E-state index is 12.4. The van der Waals surface area contributed by atoms with E-state index in [9.17, 15) is 4.79 Å². The second-order valence-electron chi connectivity index (χ2n) is 5.86. The summed E-state index contributed by atoms with van der Waals surface area (Å²) in [7, 11) is 1.87. The molecular weight excluding hydrogens is 274 g/mol. The van der Waals surface area contributed by atoms with Crippen LogP contribution >= 0.6 is 0 Å². The van der Waals surface area contributed by atoms with Crippen molar-refractivity contribution in [3.63, 3.8) is 0 Å². The average molecular weight is 295 g/mol. The molecule has 0 aliphatic heterocycles. The molecule has 2 aromatic rings. The Kier molecular flexibility index (Phi) is 4.14. The van der Waals surface area contributed by atoms with Crippen molar-refractivity contribution < 1.29 is 9.53 Å². The van der Waals surface area contributed by atoms with Gasteiger partial charge in [-0.2, -0.15) is 0 Å². The molecule has 0 heterocycles. The van der Waals surface area contributed by atoms with Crippen LogP contribution in [0.1, 0.15) is 29.2 Å². The largest absolute Gasteiger partial charge is 0.484 e. The van der Waals surface area contributed by atoms with Crippen LogP contribution in [0.3, 0.4) is 0 Å². The Morgan fingerprint density at radius 1 is 1.18 bits per heavy atom. The summed E-state index contributed by atoms with van der Waals surface area (Å²) >= 11 is 0. The molecule has 1 unspecified atom stereocenters. The molecular formula is C19H21NO2. The first-order valence-corrected chi connectivity index (χ1v) is 7.68. The Balaban J connectivity index is 1.62. The number of hydrogen-bond donors (Lipinski definition) is 0. The molecule has 0 saturated heterocycles. The molecule has 1 aliphatic rings. The van der Waals surface area contributed by atoms with Crippen molar-refractivity contribution in [2.24, 2.45) is 0 Å². The standard InChI is InChI=1S/C19H21NO2/c1-14-7-10-16(11-8-14)22-13-19(21)20(2)18-12-9-15-5-3-4-6-17(15)18/h3-8,10-11,18H,9,12-13H2,1-2H3. The van der Waals surface area contributed by atoms with Crippen LogP contribution in [0.15, 0.2) is 48.5 Å². The second kappa shape index (κ2) is 6.22. The zero-order chi connectivity index (χ0) is 15.5. The Morgan fingerprint density at radius 3 is 2.68 bits per heavy atom. The lowest BCUT2D eigenvalue weighted by molar-refractivity contribution is -0.134. The summed E-state index contributed by atoms with van der Waals surface area (Å²) < 4.78 is 5.60. The molecule has 0 bridgehead atoms. The topological polar surface area (TPSA) is 29.5 Å². The third-order valence-corrected chi connectivity index (χ3v) is 4.35. The van der Waals surface area contributed by atoms with Gasteiger partial charge >= 0.3 is 0 Å². The lowest BCUT2D eigenvalue weighted by Gasteiger charge is -2.25. The lowest BCUT2D eigenvalue weighted by Crippen LogP contribution is -2.34. The van der Waals surface area contributed by atoms with Gasteiger partial charge in [-0.05, 0) is 43.0 Å². The van der Waals surface area contributed by atoms with Gasteiger partial charge < -0.3 is 9.64 Å². The number of amides is 1. The van der Waals surface area contributed by atoms with Gasteiger partial charge in [0, 0.05) is 7.05 Å². The summed E-state index contributed by atoms with van der Waals surface area (Å²) in [6, 6.07) is 16.3. The highest BCUT2D eigenvalue weighted by atomic mass is 16.5. The number of hydrogen-bond acceptors (Lipinski definition) is 2. The van der Waals surface area contributed by atoms with E-state index in [0.29, 0.717) is 0 Å². The third kappa shape index (κ3) is 2.98. The van der Waals surface area contributed by atoms with E-state index in [1.807, 2.05) is 49.2 Å². The fourth-order valence-electron chi connectivity index (χ4n) is 2.99. The van der Waals surface area contributed by atoms with Gasteiger partial charge in [0.15, 0.2) is 6.61 Å². The maximum atomic E-state index is 12.4. The molecule has 3 rings (SSSR count). The number of carbonyl (C=O) groups is 1. The van der Waals surface area contributed by atoms with Gasteiger partial charge in [0.25, 0.3) is 5.91 Å². The van der Waals surface area contributed by atoms with Crippen molar-refractivity contribution in [3.8, 4) is 5.75 Å². The van der Waals surface area contributed by atoms with Crippen molar-refractivity contribution >= 4 is 5.91 Å². The first-order valence-electron chi connectivity index (χ1n) is 7.68. The molecule has 0 spiro atoms. The Hall–Kier alpha value is -2.29. The van der Waals surface area contributed by atoms with E-state index in [1.165, 1.54) is 16.7 Å². The van der Waals surface area contributed by atoms with Gasteiger partial charge in [0.05, 0.1) is 6.04 Å². The fourth-order valence-corrected chi connectivity index (χ4v) is 2.99. The van der Waals surface area contributed by atoms with Crippen molar-refractivity contribution in [2.45, 2.75) is 25.8 Å². The number of nitrogens with zero attached hydrogens (tertiary/aromatic N) is 1. The van der Waals surface area contributed by atoms with E-state index >= 15 is 0 Å². The molecule has 1 amide bonds. The molecule has 0 fully saturated rings. The zero-order valence-electron chi connectivity index (χ0n) is 13.1. The SMILES string of the molecule is Cc1ccc(OCC(=O)N(C)C2CCc3ccccc32)cc1. The Morgan fingerprint density at radius 2 is 1.91 bits per heavy atom. The zero-order valence-corrected chi connectivity index (χ0v) is 13.1. The molecule has 0 aromatic heterocycles. The van der Waals surface area contributed by atoms with Gasteiger partial charge in [-0.1, -0.05) is 42.0 Å². The normalized spacial score (nSPS) is 16.2. The molecule has 3 nitrogen and oxygen atoms in total. The molecule has 114 valence electrons. The predicted molar refractivity (Wildman–Crippen MR) is 86.9 cm³/mol. The summed E-state index contributed by atoms with van der Waals surface area (Å²) in [5, 5.41) is 0. The van der Waals surface area contributed by atoms with Crippen LogP contribution in [-0.4, -0.2) is 24.5 Å². The van der Waals surface area contributed by atoms with E-state index in [2.05, 4.69) is 18.2 Å². The summed E-state index contributed by atoms with van der Waals surface area (Å²) in [6.07, 6.45) is 2.03. The fraction of sp³-hybridized carbons (Fsp3) is 0.316. The molecule has 1 aliphatic carbocycles. The van der Waals surface area contributed by atoms with Gasteiger partial charge in [-0.3, -0.25) is 4.79 Å². The van der Waals surface area contributed by atoms with Gasteiger partial charge in [-0.25, -0.2) is 0 Å². The smallest absolute Gasteiger partial charge is 0.260 e. The predicted octanol–water partition coefficient (Wildman–Crippen LogP) is 3.52. The number of aryl methyl sites for hydroxylation is 2. The monoisotopic (exact) mass is 295 g/mol. The van der Waals surface area contributed by atoms with Crippen LogP contribution in [-0.2, 0) is 11.2 Å². The van der Waals surface area contributed by atoms with E-state index in [0.717, 1.165) is 18.6 Å². The highest BCUT2D eigenvalue weighted by molar-refractivity contribution is 5.78. The van der Waals surface area contributed by atoms with Crippen LogP contribution in [0.5, 0.6) is 5.75 Å². The minimum absolute atomic E-state index is 0.0160. The average Bonchev–Trinajstić information content (AvgIpc) is 2.97. The molecule has 0 radical (unpaired) electrons. The summed E-state index contributed by atoms with van der Waals surface area (Å²) in [4.78, 5) is 14.2. The van der Waals surface area contributed by atoms with Gasteiger partial charge in [0.1, 0.15) is 5.75 Å². The summed E-state index contributed by atoms with van der Waals surface area (Å²) in [5.41, 5.74) is 3.80. The number of likely N-dealkylation sites (N-methyl/N-ethyl adjacent to an activating group) is 1. The van der Waals surface area contributed by atoms with Crippen molar-refractivity contribution in [3.05, 3.63) is 65.2 Å². The molecule has 3 heteroatoms. The third-order valence-electron chi connectivity index (χ3n) is 4.35. The molecule has 0 N–H and O–H groups in total. The first-order chi connectivity index (χ1) is 10.6. The Bertz CT molecular complexity index is 663.